The highest BCUT2D eigenvalue weighted by Gasteiger charge is 2.17. The number of benzene rings is 1. The van der Waals surface area contributed by atoms with Crippen molar-refractivity contribution in [3.05, 3.63) is 27.7 Å². The van der Waals surface area contributed by atoms with E-state index in [1.165, 1.54) is 4.90 Å². The number of carbonyl (C=O) groups is 1. The zero-order valence-corrected chi connectivity index (χ0v) is 14.2. The van der Waals surface area contributed by atoms with Crippen LogP contribution in [0.3, 0.4) is 0 Å². The highest BCUT2D eigenvalue weighted by molar-refractivity contribution is 7.84. The van der Waals surface area contributed by atoms with Crippen molar-refractivity contribution in [1.82, 2.24) is 4.90 Å². The molecule has 0 bridgehead atoms. The van der Waals surface area contributed by atoms with Crippen LogP contribution in [0, 0.1) is 6.92 Å². The van der Waals surface area contributed by atoms with Gasteiger partial charge in [0.25, 0.3) is 0 Å². The smallest absolute Gasteiger partial charge is 0.321 e. The second kappa shape index (κ2) is 7.29. The van der Waals surface area contributed by atoms with E-state index in [2.05, 4.69) is 5.32 Å². The molecule has 0 saturated heterocycles. The minimum atomic E-state index is -0.954. The maximum absolute atomic E-state index is 12.1. The van der Waals surface area contributed by atoms with Crippen molar-refractivity contribution < 1.29 is 9.00 Å². The summed E-state index contributed by atoms with van der Waals surface area (Å²) >= 11 is 12.0. The number of hydrogen-bond donors (Lipinski definition) is 1. The average molecular weight is 337 g/mol. The lowest BCUT2D eigenvalue weighted by Crippen LogP contribution is -2.40. The number of hydrogen-bond acceptors (Lipinski definition) is 2. The fourth-order valence-corrected chi connectivity index (χ4v) is 2.97. The van der Waals surface area contributed by atoms with Crippen LogP contribution in [0.15, 0.2) is 12.1 Å². The van der Waals surface area contributed by atoms with Gasteiger partial charge in [-0.1, -0.05) is 23.2 Å². The summed E-state index contributed by atoms with van der Waals surface area (Å²) in [5.74, 6) is 0.430. The van der Waals surface area contributed by atoms with E-state index in [0.717, 1.165) is 5.56 Å². The lowest BCUT2D eigenvalue weighted by molar-refractivity contribution is 0.212. The summed E-state index contributed by atoms with van der Waals surface area (Å²) in [6, 6.07) is 2.88. The molecule has 0 spiro atoms. The second-order valence-corrected chi connectivity index (χ2v) is 6.99. The van der Waals surface area contributed by atoms with Gasteiger partial charge in [0.15, 0.2) is 0 Å². The van der Waals surface area contributed by atoms with Crippen LogP contribution >= 0.6 is 23.2 Å². The number of amides is 2. The third-order valence-corrected chi connectivity index (χ3v) is 4.73. The maximum Gasteiger partial charge on any atom is 0.321 e. The monoisotopic (exact) mass is 336 g/mol. The zero-order chi connectivity index (χ0) is 15.4. The summed E-state index contributed by atoms with van der Waals surface area (Å²) in [6.07, 6.45) is 1.61. The van der Waals surface area contributed by atoms with Gasteiger partial charge in [0.05, 0.1) is 0 Å². The topological polar surface area (TPSA) is 49.4 Å². The molecule has 0 saturated carbocycles. The van der Waals surface area contributed by atoms with Gasteiger partial charge in [-0.2, -0.15) is 0 Å². The molecule has 1 rings (SSSR count). The van der Waals surface area contributed by atoms with Crippen LogP contribution in [0.4, 0.5) is 10.5 Å². The Hall–Kier alpha value is -0.780. The summed E-state index contributed by atoms with van der Waals surface area (Å²) in [7, 11) is 0.703. The van der Waals surface area contributed by atoms with E-state index in [0.29, 0.717) is 21.5 Å². The summed E-state index contributed by atoms with van der Waals surface area (Å²) in [5.41, 5.74) is 1.31. The molecule has 0 radical (unpaired) electrons. The molecule has 1 aromatic rings. The molecule has 1 aromatic carbocycles. The molecule has 7 heteroatoms. The molecular weight excluding hydrogens is 319 g/mol. The Bertz CT molecular complexity index is 514. The molecule has 0 aliphatic carbocycles. The molecule has 2 amide bonds. The van der Waals surface area contributed by atoms with Crippen LogP contribution in [0.5, 0.6) is 0 Å². The summed E-state index contributed by atoms with van der Waals surface area (Å²) < 4.78 is 11.2. The minimum absolute atomic E-state index is 0.128. The first-order chi connectivity index (χ1) is 9.22. The van der Waals surface area contributed by atoms with Gasteiger partial charge in [0.2, 0.25) is 0 Å². The number of anilines is 1. The van der Waals surface area contributed by atoms with Gasteiger partial charge in [-0.15, -0.1) is 0 Å². The molecule has 112 valence electrons. The molecule has 20 heavy (non-hydrogen) atoms. The van der Waals surface area contributed by atoms with Crippen LogP contribution in [0.25, 0.3) is 0 Å². The number of urea groups is 1. The highest BCUT2D eigenvalue weighted by atomic mass is 35.5. The fraction of sp³-hybridized carbons (Fsp3) is 0.462. The van der Waals surface area contributed by atoms with Gasteiger partial charge < -0.3 is 10.2 Å². The minimum Gasteiger partial charge on any atom is -0.324 e. The first-order valence-corrected chi connectivity index (χ1v) is 8.50. The molecule has 0 fully saturated rings. The Morgan fingerprint density at radius 2 is 1.90 bits per heavy atom. The lowest BCUT2D eigenvalue weighted by atomic mass is 10.2. The van der Waals surface area contributed by atoms with E-state index in [9.17, 15) is 9.00 Å². The highest BCUT2D eigenvalue weighted by Crippen LogP contribution is 2.28. The van der Waals surface area contributed by atoms with Crippen molar-refractivity contribution in [3.63, 3.8) is 0 Å². The van der Waals surface area contributed by atoms with E-state index < -0.39 is 10.8 Å². The summed E-state index contributed by atoms with van der Waals surface area (Å²) in [6.45, 7) is 3.65. The fourth-order valence-electron chi connectivity index (χ4n) is 1.58. The van der Waals surface area contributed by atoms with Gasteiger partial charge in [0, 0.05) is 51.6 Å². The van der Waals surface area contributed by atoms with Gasteiger partial charge in [-0.25, -0.2) is 4.79 Å². The van der Waals surface area contributed by atoms with E-state index in [1.54, 1.807) is 32.4 Å². The Morgan fingerprint density at radius 3 is 2.35 bits per heavy atom. The van der Waals surface area contributed by atoms with Gasteiger partial charge in [0.1, 0.15) is 0 Å². The lowest BCUT2D eigenvalue weighted by Gasteiger charge is -2.24. The molecule has 0 aromatic heterocycles. The Kier molecular flexibility index (Phi) is 6.30. The maximum atomic E-state index is 12.1. The van der Waals surface area contributed by atoms with Crippen LogP contribution in [-0.4, -0.2) is 40.2 Å². The normalized spacial score (nSPS) is 13.7. The van der Waals surface area contributed by atoms with Crippen LogP contribution < -0.4 is 5.32 Å². The van der Waals surface area contributed by atoms with Crippen molar-refractivity contribution in [2.75, 3.05) is 24.4 Å². The van der Waals surface area contributed by atoms with Gasteiger partial charge >= 0.3 is 6.03 Å². The quantitative estimate of drug-likeness (QED) is 0.914. The predicted octanol–water partition coefficient (Wildman–Crippen LogP) is 3.53. The number of rotatable bonds is 4. The molecule has 4 nitrogen and oxygen atoms in total. The Labute approximate surface area is 131 Å². The van der Waals surface area contributed by atoms with Crippen molar-refractivity contribution in [1.29, 1.82) is 0 Å². The van der Waals surface area contributed by atoms with Crippen molar-refractivity contribution in [2.24, 2.45) is 0 Å². The number of nitrogens with zero attached hydrogens (tertiary/aromatic N) is 1. The molecule has 1 N–H and O–H groups in total. The zero-order valence-electron chi connectivity index (χ0n) is 11.9. The third-order valence-electron chi connectivity index (χ3n) is 2.99. The SMILES string of the molecule is Cc1c(Cl)cc(NC(=O)N(C)[C@H](C)C[S@](C)=O)cc1Cl. The summed E-state index contributed by atoms with van der Waals surface area (Å²) in [4.78, 5) is 13.6. The van der Waals surface area contributed by atoms with E-state index in [-0.39, 0.29) is 12.1 Å². The van der Waals surface area contributed by atoms with Gasteiger partial charge in [-0.05, 0) is 31.5 Å². The molecule has 0 heterocycles. The molecular formula is C13H18Cl2N2O2S. The van der Waals surface area contributed by atoms with Gasteiger partial charge in [-0.3, -0.25) is 4.21 Å². The number of halogens is 2. The van der Waals surface area contributed by atoms with Crippen molar-refractivity contribution in [2.45, 2.75) is 19.9 Å². The van der Waals surface area contributed by atoms with E-state index in [1.807, 2.05) is 6.92 Å². The predicted molar refractivity (Wildman–Crippen MR) is 86.4 cm³/mol. The molecule has 0 unspecified atom stereocenters. The first-order valence-electron chi connectivity index (χ1n) is 6.01. The van der Waals surface area contributed by atoms with Crippen molar-refractivity contribution in [3.8, 4) is 0 Å². The standard InChI is InChI=1S/C13H18Cl2N2O2S/c1-8(7-20(4)19)17(3)13(18)16-10-5-11(14)9(2)12(15)6-10/h5-6,8H,7H2,1-4H3,(H,16,18)/t8-,20+/m1/s1. The number of nitrogens with one attached hydrogen (secondary N) is 1. The average Bonchev–Trinajstić information content (AvgIpc) is 2.33. The third kappa shape index (κ3) is 4.65. The first kappa shape index (κ1) is 17.3. The van der Waals surface area contributed by atoms with Crippen molar-refractivity contribution >= 4 is 45.7 Å². The molecule has 0 aliphatic rings. The Balaban J connectivity index is 2.78. The number of carbonyl (C=O) groups excluding carboxylic acids is 1. The largest absolute Gasteiger partial charge is 0.324 e. The Morgan fingerprint density at radius 1 is 1.40 bits per heavy atom. The molecule has 2 atom stereocenters. The van der Waals surface area contributed by atoms with Crippen LogP contribution in [0.1, 0.15) is 12.5 Å². The van der Waals surface area contributed by atoms with Crippen LogP contribution in [-0.2, 0) is 10.8 Å². The van der Waals surface area contributed by atoms with E-state index >= 15 is 0 Å². The van der Waals surface area contributed by atoms with E-state index in [4.69, 9.17) is 23.2 Å². The van der Waals surface area contributed by atoms with Crippen LogP contribution in [0.2, 0.25) is 10.0 Å². The molecule has 0 aliphatic heterocycles. The second-order valence-electron chi connectivity index (χ2n) is 4.69. The summed E-state index contributed by atoms with van der Waals surface area (Å²) in [5, 5.41) is 3.72.